The zero-order valence-electron chi connectivity index (χ0n) is 17.7. The topological polar surface area (TPSA) is 83.3 Å². The summed E-state index contributed by atoms with van der Waals surface area (Å²) in [6.45, 7) is 3.94. The number of carbonyl (C=O) groups is 1. The van der Waals surface area contributed by atoms with Crippen molar-refractivity contribution in [3.8, 4) is 0 Å². The molecule has 1 aliphatic rings. The molecule has 0 aliphatic carbocycles. The highest BCUT2D eigenvalue weighted by Gasteiger charge is 2.24. The molecular weight excluding hydrogens is 432 g/mol. The van der Waals surface area contributed by atoms with Crippen LogP contribution in [0.25, 0.3) is 10.2 Å². The van der Waals surface area contributed by atoms with E-state index in [1.807, 2.05) is 32.2 Å². The van der Waals surface area contributed by atoms with Crippen molar-refractivity contribution < 1.29 is 9.18 Å². The van der Waals surface area contributed by atoms with Crippen LogP contribution in [-0.4, -0.2) is 43.6 Å². The monoisotopic (exact) mass is 459 g/mol. The number of halogens is 1. The minimum absolute atomic E-state index is 0.223. The molecule has 4 rings (SSSR count). The molecule has 0 saturated carbocycles. The molecule has 3 aromatic rings. The van der Waals surface area contributed by atoms with Gasteiger partial charge in [0.15, 0.2) is 0 Å². The Bertz CT molecular complexity index is 1130. The highest BCUT2D eigenvalue weighted by molar-refractivity contribution is 7.27. The molecule has 3 heterocycles. The van der Waals surface area contributed by atoms with Crippen LogP contribution < -0.4 is 26.6 Å². The lowest BCUT2D eigenvalue weighted by molar-refractivity contribution is 0.0959. The van der Waals surface area contributed by atoms with E-state index in [9.17, 15) is 9.18 Å². The number of pyridine rings is 1. The van der Waals surface area contributed by atoms with Gasteiger partial charge in [-0.3, -0.25) is 4.79 Å². The average Bonchev–Trinajstić information content (AvgIpc) is 3.34. The van der Waals surface area contributed by atoms with Crippen LogP contribution in [0.15, 0.2) is 24.3 Å². The van der Waals surface area contributed by atoms with Crippen molar-refractivity contribution in [2.24, 2.45) is 0 Å². The second kappa shape index (κ2) is 9.07. The Morgan fingerprint density at radius 1 is 1.42 bits per heavy atom. The van der Waals surface area contributed by atoms with Gasteiger partial charge in [0.05, 0.1) is 11.4 Å². The van der Waals surface area contributed by atoms with Crippen LogP contribution in [0.3, 0.4) is 0 Å². The number of amides is 1. The van der Waals surface area contributed by atoms with Gasteiger partial charge in [-0.25, -0.2) is 9.37 Å². The summed E-state index contributed by atoms with van der Waals surface area (Å²) in [6.07, 6.45) is 1.54. The molecule has 1 amide bonds. The third-order valence-electron chi connectivity index (χ3n) is 5.77. The van der Waals surface area contributed by atoms with Crippen molar-refractivity contribution in [1.82, 2.24) is 15.6 Å². The number of rotatable bonds is 6. The fourth-order valence-electron chi connectivity index (χ4n) is 3.94. The van der Waals surface area contributed by atoms with Crippen LogP contribution in [0.2, 0.25) is 0 Å². The number of nitrogens with two attached hydrogens (primary N) is 1. The number of hydrogen-bond acceptors (Lipinski definition) is 6. The van der Waals surface area contributed by atoms with Crippen molar-refractivity contribution in [3.63, 3.8) is 0 Å². The van der Waals surface area contributed by atoms with Gasteiger partial charge in [-0.2, -0.15) is 0 Å². The van der Waals surface area contributed by atoms with Crippen molar-refractivity contribution in [2.45, 2.75) is 25.8 Å². The van der Waals surface area contributed by atoms with E-state index < -0.39 is 0 Å². The maximum absolute atomic E-state index is 14.8. The summed E-state index contributed by atoms with van der Waals surface area (Å²) in [6, 6.07) is 7.63. The molecule has 6 nitrogen and oxygen atoms in total. The van der Waals surface area contributed by atoms with E-state index in [1.165, 1.54) is 11.3 Å². The molecule has 0 spiro atoms. The fraction of sp³-hybridized carbons (Fsp3) is 0.364. The first-order chi connectivity index (χ1) is 14.9. The van der Waals surface area contributed by atoms with Crippen LogP contribution in [0.4, 0.5) is 15.8 Å². The largest absolute Gasteiger partial charge is 0.397 e. The number of fused-ring (bicyclic) bond motifs is 1. The fourth-order valence-corrected chi connectivity index (χ4v) is 5.38. The number of benzene rings is 1. The molecule has 9 heteroatoms. The third kappa shape index (κ3) is 4.52. The highest BCUT2D eigenvalue weighted by Crippen LogP contribution is 2.32. The van der Waals surface area contributed by atoms with E-state index in [0.717, 1.165) is 46.3 Å². The first-order valence-corrected chi connectivity index (χ1v) is 11.7. The Morgan fingerprint density at radius 3 is 2.97 bits per heavy atom. The van der Waals surface area contributed by atoms with Crippen LogP contribution in [0.1, 0.15) is 27.3 Å². The van der Waals surface area contributed by atoms with Crippen LogP contribution in [0.5, 0.6) is 0 Å². The van der Waals surface area contributed by atoms with E-state index in [-0.39, 0.29) is 11.7 Å². The Kier molecular flexibility index (Phi) is 6.42. The summed E-state index contributed by atoms with van der Waals surface area (Å²) in [7, 11) is 4.63. The second-order valence-electron chi connectivity index (χ2n) is 7.88. The molecule has 0 radical (unpaired) electrons. The molecule has 164 valence electrons. The molecule has 1 fully saturated rings. The lowest BCUT2D eigenvalue weighted by Gasteiger charge is -2.21. The van der Waals surface area contributed by atoms with Crippen molar-refractivity contribution in [1.29, 1.82) is 0 Å². The van der Waals surface area contributed by atoms with Crippen LogP contribution in [-0.2, 0) is 6.42 Å². The SMILES string of the molecule is CN[C@H]1CCN(c2cc(P)c(CCNC(=O)c3sc4nc(C)ccc4c3N)cc2F)C1. The van der Waals surface area contributed by atoms with E-state index in [2.05, 4.69) is 29.8 Å². The predicted octanol–water partition coefficient (Wildman–Crippen LogP) is 2.60. The molecule has 1 unspecified atom stereocenters. The van der Waals surface area contributed by atoms with Gasteiger partial charge in [-0.15, -0.1) is 20.6 Å². The molecule has 1 saturated heterocycles. The van der Waals surface area contributed by atoms with Gasteiger partial charge in [0.2, 0.25) is 0 Å². The zero-order chi connectivity index (χ0) is 22.1. The van der Waals surface area contributed by atoms with E-state index in [0.29, 0.717) is 35.3 Å². The van der Waals surface area contributed by atoms with Crippen LogP contribution in [0, 0.1) is 12.7 Å². The zero-order valence-corrected chi connectivity index (χ0v) is 19.6. The minimum atomic E-state index is -0.226. The van der Waals surface area contributed by atoms with E-state index in [1.54, 1.807) is 6.07 Å². The number of nitrogens with one attached hydrogen (secondary N) is 2. The molecule has 2 atom stereocenters. The number of aromatic nitrogens is 1. The Hall–Kier alpha value is -2.28. The Morgan fingerprint density at radius 2 is 2.23 bits per heavy atom. The van der Waals surface area contributed by atoms with Gasteiger partial charge < -0.3 is 21.3 Å². The first kappa shape index (κ1) is 21.9. The summed E-state index contributed by atoms with van der Waals surface area (Å²) in [4.78, 5) is 20.4. The summed E-state index contributed by atoms with van der Waals surface area (Å²) < 4.78 is 14.8. The molecule has 1 aliphatic heterocycles. The standard InChI is InChI=1S/C22H27FN5OPS/c1-12-3-4-15-19(24)20(31-22(15)27-12)21(29)26-7-5-13-9-16(23)17(10-18(13)30)28-8-6-14(11-28)25-2/h3-4,9-10,14,25H,5-8,11,24,30H2,1-2H3,(H,26,29)/t14-/m0/s1. The minimum Gasteiger partial charge on any atom is -0.397 e. The molecule has 4 N–H and O–H groups in total. The van der Waals surface area contributed by atoms with Gasteiger partial charge in [0.25, 0.3) is 5.91 Å². The molecule has 2 aromatic heterocycles. The summed E-state index contributed by atoms with van der Waals surface area (Å²) >= 11 is 1.29. The Labute approximate surface area is 187 Å². The van der Waals surface area contributed by atoms with Crippen molar-refractivity contribution in [2.75, 3.05) is 37.3 Å². The number of hydrogen-bond donors (Lipinski definition) is 3. The summed E-state index contributed by atoms with van der Waals surface area (Å²) in [5.41, 5.74) is 8.99. The number of anilines is 2. The molecule has 31 heavy (non-hydrogen) atoms. The van der Waals surface area contributed by atoms with E-state index in [4.69, 9.17) is 5.73 Å². The first-order valence-electron chi connectivity index (χ1n) is 10.3. The van der Waals surface area contributed by atoms with Crippen molar-refractivity contribution in [3.05, 3.63) is 46.2 Å². The van der Waals surface area contributed by atoms with Gasteiger partial charge >= 0.3 is 0 Å². The second-order valence-corrected chi connectivity index (χ2v) is 9.50. The molecule has 1 aromatic carbocycles. The number of likely N-dealkylation sites (N-methyl/N-ethyl adjacent to an activating group) is 1. The highest BCUT2D eigenvalue weighted by atomic mass is 32.1. The van der Waals surface area contributed by atoms with Crippen molar-refractivity contribution >= 4 is 53.4 Å². The Balaban J connectivity index is 1.41. The summed E-state index contributed by atoms with van der Waals surface area (Å²) in [5.74, 6) is -0.449. The number of aryl methyl sites for hydroxylation is 1. The summed E-state index contributed by atoms with van der Waals surface area (Å²) in [5, 5.41) is 7.90. The maximum atomic E-state index is 14.8. The quantitative estimate of drug-likeness (QED) is 0.494. The lowest BCUT2D eigenvalue weighted by Crippen LogP contribution is -2.30. The lowest BCUT2D eigenvalue weighted by atomic mass is 10.1. The number of nitrogen functional groups attached to an aromatic ring is 1. The van der Waals surface area contributed by atoms with Crippen LogP contribution >= 0.6 is 20.6 Å². The predicted molar refractivity (Wildman–Crippen MR) is 130 cm³/mol. The van der Waals surface area contributed by atoms with Gasteiger partial charge in [-0.1, -0.05) is 0 Å². The van der Waals surface area contributed by atoms with Gasteiger partial charge in [0, 0.05) is 36.8 Å². The normalized spacial score (nSPS) is 16.3. The maximum Gasteiger partial charge on any atom is 0.263 e. The average molecular weight is 460 g/mol. The molecule has 0 bridgehead atoms. The smallest absolute Gasteiger partial charge is 0.263 e. The number of carbonyl (C=O) groups excluding carboxylic acids is 1. The number of thiophene rings is 1. The third-order valence-corrected chi connectivity index (χ3v) is 7.42. The van der Waals surface area contributed by atoms with E-state index >= 15 is 0 Å². The van der Waals surface area contributed by atoms with Gasteiger partial charge in [0.1, 0.15) is 15.5 Å². The van der Waals surface area contributed by atoms with Gasteiger partial charge in [-0.05, 0) is 61.9 Å². The molecular formula is C22H27FN5OPS. The number of nitrogens with zero attached hydrogens (tertiary/aromatic N) is 2.